The molecule has 3 rings (SSSR count). The van der Waals surface area contributed by atoms with Crippen molar-refractivity contribution in [2.24, 2.45) is 0 Å². The van der Waals surface area contributed by atoms with Gasteiger partial charge in [0.1, 0.15) is 5.82 Å². The minimum atomic E-state index is -0.312. The van der Waals surface area contributed by atoms with Crippen LogP contribution in [0.4, 0.5) is 5.82 Å². The monoisotopic (exact) mass is 301 g/mol. The summed E-state index contributed by atoms with van der Waals surface area (Å²) in [6, 6.07) is 12.5. The Hall–Kier alpha value is -2.53. The molecule has 0 bridgehead atoms. The Bertz CT molecular complexity index is 750. The second kappa shape index (κ2) is 5.85. The largest absolute Gasteiger partial charge is 0.459 e. The highest BCUT2D eigenvalue weighted by molar-refractivity contribution is 6.30. The molecule has 0 unspecified atom stereocenters. The van der Waals surface area contributed by atoms with Crippen molar-refractivity contribution >= 4 is 23.3 Å². The summed E-state index contributed by atoms with van der Waals surface area (Å²) in [7, 11) is 0. The number of nitrogens with zero attached hydrogens (tertiary/aromatic N) is 2. The van der Waals surface area contributed by atoms with Gasteiger partial charge in [0.2, 0.25) is 0 Å². The van der Waals surface area contributed by atoms with Crippen LogP contribution in [0.1, 0.15) is 16.1 Å². The van der Waals surface area contributed by atoms with E-state index < -0.39 is 0 Å². The summed E-state index contributed by atoms with van der Waals surface area (Å²) < 4.78 is 6.75. The van der Waals surface area contributed by atoms with Crippen LogP contribution in [0.5, 0.6) is 0 Å². The summed E-state index contributed by atoms with van der Waals surface area (Å²) in [5, 5.41) is 7.63. The molecule has 1 aromatic carbocycles. The summed E-state index contributed by atoms with van der Waals surface area (Å²) in [6.07, 6.45) is 3.08. The fourth-order valence-electron chi connectivity index (χ4n) is 1.96. The number of furan rings is 1. The first-order valence-corrected chi connectivity index (χ1v) is 6.71. The van der Waals surface area contributed by atoms with E-state index in [1.807, 2.05) is 24.3 Å². The van der Waals surface area contributed by atoms with Gasteiger partial charge < -0.3 is 9.73 Å². The van der Waals surface area contributed by atoms with E-state index in [1.165, 1.54) is 6.26 Å². The van der Waals surface area contributed by atoms with Crippen LogP contribution in [0, 0.1) is 0 Å². The standard InChI is InChI=1S/C15H12ClN3O2/c16-12-4-1-3-11(9-12)10-19-14(6-7-17-19)18-15(20)13-5-2-8-21-13/h1-9H,10H2,(H,18,20). The topological polar surface area (TPSA) is 60.1 Å². The Morgan fingerprint density at radius 1 is 1.29 bits per heavy atom. The lowest BCUT2D eigenvalue weighted by Gasteiger charge is -2.08. The van der Waals surface area contributed by atoms with Crippen molar-refractivity contribution in [1.29, 1.82) is 0 Å². The third-order valence-corrected chi connectivity index (χ3v) is 3.16. The van der Waals surface area contributed by atoms with Crippen molar-refractivity contribution in [3.8, 4) is 0 Å². The summed E-state index contributed by atoms with van der Waals surface area (Å²) in [5.41, 5.74) is 1.000. The molecule has 0 saturated carbocycles. The van der Waals surface area contributed by atoms with Crippen LogP contribution in [0.15, 0.2) is 59.3 Å². The number of rotatable bonds is 4. The average molecular weight is 302 g/mol. The minimum Gasteiger partial charge on any atom is -0.459 e. The first kappa shape index (κ1) is 13.5. The number of anilines is 1. The lowest BCUT2D eigenvalue weighted by molar-refractivity contribution is 0.0995. The summed E-state index contributed by atoms with van der Waals surface area (Å²) in [6.45, 7) is 0.515. The number of aromatic nitrogens is 2. The molecule has 1 N–H and O–H groups in total. The maximum atomic E-state index is 12.0. The number of carbonyl (C=O) groups excluding carboxylic acids is 1. The molecule has 0 fully saturated rings. The van der Waals surface area contributed by atoms with Gasteiger partial charge in [-0.1, -0.05) is 23.7 Å². The van der Waals surface area contributed by atoms with Crippen molar-refractivity contribution in [3.63, 3.8) is 0 Å². The van der Waals surface area contributed by atoms with E-state index >= 15 is 0 Å². The Morgan fingerprint density at radius 2 is 2.19 bits per heavy atom. The summed E-state index contributed by atoms with van der Waals surface area (Å²) in [5.74, 6) is 0.537. The number of benzene rings is 1. The van der Waals surface area contributed by atoms with E-state index in [9.17, 15) is 4.79 Å². The maximum absolute atomic E-state index is 12.0. The fraction of sp³-hybridized carbons (Fsp3) is 0.0667. The number of nitrogens with one attached hydrogen (secondary N) is 1. The molecule has 106 valence electrons. The molecular weight excluding hydrogens is 290 g/mol. The van der Waals surface area contributed by atoms with E-state index in [0.717, 1.165) is 5.56 Å². The molecule has 0 spiro atoms. The Kier molecular flexibility index (Phi) is 3.75. The summed E-state index contributed by atoms with van der Waals surface area (Å²) >= 11 is 5.96. The number of hydrogen-bond donors (Lipinski definition) is 1. The molecule has 0 aliphatic rings. The molecule has 6 heteroatoms. The van der Waals surface area contributed by atoms with E-state index in [4.69, 9.17) is 16.0 Å². The number of halogens is 1. The maximum Gasteiger partial charge on any atom is 0.292 e. The summed E-state index contributed by atoms with van der Waals surface area (Å²) in [4.78, 5) is 12.0. The molecule has 0 radical (unpaired) electrons. The number of amides is 1. The zero-order chi connectivity index (χ0) is 14.7. The predicted octanol–water partition coefficient (Wildman–Crippen LogP) is 3.43. The highest BCUT2D eigenvalue weighted by Gasteiger charge is 2.12. The minimum absolute atomic E-state index is 0.255. The average Bonchev–Trinajstić information content (AvgIpc) is 3.11. The molecule has 3 aromatic rings. The van der Waals surface area contributed by atoms with Gasteiger partial charge in [0.25, 0.3) is 5.91 Å². The van der Waals surface area contributed by atoms with Gasteiger partial charge in [0, 0.05) is 11.1 Å². The van der Waals surface area contributed by atoms with Crippen LogP contribution >= 0.6 is 11.6 Å². The molecule has 2 aromatic heterocycles. The van der Waals surface area contributed by atoms with E-state index in [2.05, 4.69) is 10.4 Å². The van der Waals surface area contributed by atoms with E-state index in [1.54, 1.807) is 29.1 Å². The second-order valence-electron chi connectivity index (χ2n) is 4.44. The quantitative estimate of drug-likeness (QED) is 0.803. The molecule has 0 aliphatic carbocycles. The van der Waals surface area contributed by atoms with Gasteiger partial charge in [0.05, 0.1) is 19.0 Å². The van der Waals surface area contributed by atoms with Crippen molar-refractivity contribution in [2.45, 2.75) is 6.54 Å². The Labute approximate surface area is 126 Å². The van der Waals surface area contributed by atoms with Gasteiger partial charge in [-0.3, -0.25) is 4.79 Å². The van der Waals surface area contributed by atoms with Crippen molar-refractivity contribution in [2.75, 3.05) is 5.32 Å². The van der Waals surface area contributed by atoms with Gasteiger partial charge in [0.15, 0.2) is 5.76 Å². The van der Waals surface area contributed by atoms with Gasteiger partial charge in [-0.15, -0.1) is 0 Å². The third kappa shape index (κ3) is 3.14. The van der Waals surface area contributed by atoms with E-state index in [0.29, 0.717) is 17.4 Å². The Balaban J connectivity index is 1.76. The van der Waals surface area contributed by atoms with Crippen LogP contribution in [0.3, 0.4) is 0 Å². The molecule has 0 saturated heterocycles. The zero-order valence-electron chi connectivity index (χ0n) is 11.0. The molecule has 0 aliphatic heterocycles. The lowest BCUT2D eigenvalue weighted by atomic mass is 10.2. The van der Waals surface area contributed by atoms with Crippen molar-refractivity contribution < 1.29 is 9.21 Å². The molecular formula is C15H12ClN3O2. The SMILES string of the molecule is O=C(Nc1ccnn1Cc1cccc(Cl)c1)c1ccco1. The number of carbonyl (C=O) groups is 1. The molecule has 2 heterocycles. The first-order valence-electron chi connectivity index (χ1n) is 6.33. The van der Waals surface area contributed by atoms with Crippen LogP contribution in [0.25, 0.3) is 0 Å². The van der Waals surface area contributed by atoms with Crippen LogP contribution < -0.4 is 5.32 Å². The highest BCUT2D eigenvalue weighted by atomic mass is 35.5. The second-order valence-corrected chi connectivity index (χ2v) is 4.87. The molecule has 21 heavy (non-hydrogen) atoms. The van der Waals surface area contributed by atoms with Gasteiger partial charge in [-0.25, -0.2) is 4.68 Å². The van der Waals surface area contributed by atoms with Crippen LogP contribution in [-0.4, -0.2) is 15.7 Å². The Morgan fingerprint density at radius 3 is 2.95 bits per heavy atom. The highest BCUT2D eigenvalue weighted by Crippen LogP contribution is 2.15. The normalized spacial score (nSPS) is 10.5. The smallest absolute Gasteiger partial charge is 0.292 e. The van der Waals surface area contributed by atoms with Crippen molar-refractivity contribution in [1.82, 2.24) is 9.78 Å². The van der Waals surface area contributed by atoms with Gasteiger partial charge in [-0.2, -0.15) is 5.10 Å². The zero-order valence-corrected chi connectivity index (χ0v) is 11.7. The van der Waals surface area contributed by atoms with Crippen LogP contribution in [-0.2, 0) is 6.54 Å². The van der Waals surface area contributed by atoms with E-state index in [-0.39, 0.29) is 11.7 Å². The van der Waals surface area contributed by atoms with Crippen molar-refractivity contribution in [3.05, 3.63) is 71.3 Å². The molecule has 5 nitrogen and oxygen atoms in total. The first-order chi connectivity index (χ1) is 10.2. The lowest BCUT2D eigenvalue weighted by Crippen LogP contribution is -2.15. The fourth-order valence-corrected chi connectivity index (χ4v) is 2.17. The van der Waals surface area contributed by atoms with Gasteiger partial charge >= 0.3 is 0 Å². The van der Waals surface area contributed by atoms with Crippen LogP contribution in [0.2, 0.25) is 5.02 Å². The molecule has 1 amide bonds. The number of hydrogen-bond acceptors (Lipinski definition) is 3. The van der Waals surface area contributed by atoms with Gasteiger partial charge in [-0.05, 0) is 29.8 Å². The molecule has 0 atom stereocenters. The predicted molar refractivity (Wildman–Crippen MR) is 79.4 cm³/mol. The third-order valence-electron chi connectivity index (χ3n) is 2.92.